The van der Waals surface area contributed by atoms with Gasteiger partial charge in [-0.1, -0.05) is 115 Å². The van der Waals surface area contributed by atoms with Gasteiger partial charge in [0.15, 0.2) is 6.29 Å². The Bertz CT molecular complexity index is 1850. The fourth-order valence-electron chi connectivity index (χ4n) is 5.77. The quantitative estimate of drug-likeness (QED) is 0.0995. The van der Waals surface area contributed by atoms with Crippen LogP contribution in [0.5, 0.6) is 0 Å². The number of hydrogen-bond donors (Lipinski definition) is 4. The highest BCUT2D eigenvalue weighted by atomic mass is 32.2. The number of nitrogens with one attached hydrogen (secondary N) is 2. The molecule has 6 rings (SSSR count). The van der Waals surface area contributed by atoms with Crippen molar-refractivity contribution in [1.29, 1.82) is 0 Å². The number of benzene rings is 5. The highest BCUT2D eigenvalue weighted by molar-refractivity contribution is 7.99. The largest absolute Gasteiger partial charge is 0.478 e. The van der Waals surface area contributed by atoms with Crippen LogP contribution < -0.4 is 10.6 Å². The highest BCUT2D eigenvalue weighted by Crippen LogP contribution is 2.40. The molecule has 0 radical (unpaired) electrons. The van der Waals surface area contributed by atoms with Crippen molar-refractivity contribution in [2.75, 3.05) is 5.75 Å². The Labute approximate surface area is 290 Å². The average molecular weight is 675 g/mol. The van der Waals surface area contributed by atoms with E-state index in [-0.39, 0.29) is 30.4 Å². The Morgan fingerprint density at radius 3 is 2.14 bits per heavy atom. The molecule has 1 aliphatic heterocycles. The Balaban J connectivity index is 1.16. The highest BCUT2D eigenvalue weighted by Gasteiger charge is 2.32. The van der Waals surface area contributed by atoms with E-state index in [9.17, 15) is 19.8 Å². The molecule has 0 aliphatic carbocycles. The second kappa shape index (κ2) is 16.5. The number of carbonyl (C=O) groups is 2. The van der Waals surface area contributed by atoms with Gasteiger partial charge in [-0.05, 0) is 45.5 Å². The molecule has 1 heterocycles. The topological polar surface area (TPSA) is 117 Å². The Morgan fingerprint density at radius 2 is 1.39 bits per heavy atom. The van der Waals surface area contributed by atoms with Gasteiger partial charge in [0.05, 0.1) is 24.4 Å². The first kappa shape index (κ1) is 34.0. The molecule has 1 fully saturated rings. The van der Waals surface area contributed by atoms with Crippen LogP contribution in [0.3, 0.4) is 0 Å². The lowest BCUT2D eigenvalue weighted by atomic mass is 9.98. The van der Waals surface area contributed by atoms with Crippen molar-refractivity contribution in [1.82, 2.24) is 10.6 Å². The summed E-state index contributed by atoms with van der Waals surface area (Å²) in [6.07, 6.45) is -0.524. The van der Waals surface area contributed by atoms with Crippen molar-refractivity contribution >= 4 is 23.8 Å². The van der Waals surface area contributed by atoms with Crippen molar-refractivity contribution in [2.24, 2.45) is 0 Å². The summed E-state index contributed by atoms with van der Waals surface area (Å²) in [5.74, 6) is -0.410. The number of carbonyl (C=O) groups excluding carboxylic acids is 1. The van der Waals surface area contributed by atoms with Gasteiger partial charge in [0, 0.05) is 35.7 Å². The molecule has 1 aliphatic rings. The molecule has 3 atom stereocenters. The van der Waals surface area contributed by atoms with E-state index in [1.54, 1.807) is 12.1 Å². The zero-order valence-corrected chi connectivity index (χ0v) is 27.6. The van der Waals surface area contributed by atoms with Gasteiger partial charge in [-0.2, -0.15) is 0 Å². The summed E-state index contributed by atoms with van der Waals surface area (Å²) in [7, 11) is 0. The molecular formula is C40H38N2O6S. The Morgan fingerprint density at radius 1 is 0.714 bits per heavy atom. The van der Waals surface area contributed by atoms with E-state index >= 15 is 0 Å². The van der Waals surface area contributed by atoms with Crippen molar-refractivity contribution in [3.63, 3.8) is 0 Å². The number of thioether (sulfide) groups is 1. The summed E-state index contributed by atoms with van der Waals surface area (Å²) in [6.45, 7) is 0.784. The summed E-state index contributed by atoms with van der Waals surface area (Å²) in [5, 5.41) is 25.1. The summed E-state index contributed by atoms with van der Waals surface area (Å²) in [4.78, 5) is 25.0. The maximum Gasteiger partial charge on any atom is 0.336 e. The molecule has 0 spiro atoms. The van der Waals surface area contributed by atoms with Gasteiger partial charge in [0.25, 0.3) is 0 Å². The van der Waals surface area contributed by atoms with Crippen LogP contribution >= 0.6 is 11.8 Å². The number of aliphatic hydroxyl groups is 1. The van der Waals surface area contributed by atoms with Crippen molar-refractivity contribution in [3.05, 3.63) is 161 Å². The minimum atomic E-state index is -0.959. The predicted molar refractivity (Wildman–Crippen MR) is 190 cm³/mol. The number of aliphatic hydroxyl groups excluding tert-OH is 1. The van der Waals surface area contributed by atoms with E-state index in [0.717, 1.165) is 38.9 Å². The van der Waals surface area contributed by atoms with Gasteiger partial charge in [-0.25, -0.2) is 9.59 Å². The molecule has 0 saturated carbocycles. The molecule has 5 aromatic carbocycles. The van der Waals surface area contributed by atoms with Crippen LogP contribution in [0.1, 0.15) is 57.0 Å². The number of urea groups is 1. The molecule has 250 valence electrons. The number of hydrogen-bond acceptors (Lipinski definition) is 6. The van der Waals surface area contributed by atoms with Gasteiger partial charge in [-0.3, -0.25) is 0 Å². The third kappa shape index (κ3) is 8.95. The standard InChI is InChI=1S/C40H38N2O6S/c43-25-28-14-16-30(17-15-28)36-22-33(26-49-37-13-7-6-12-35(37)38(44)45)47-39(48-36)31-20-18-29(19-21-31)34-11-5-4-10-32(34)24-42-40(46)41-23-27-8-2-1-3-9-27/h1-21,33,36,39,43H,22-26H2,(H,44,45)(H2,41,42,46)/t33-,36+,39+/m1/s1. The number of carboxylic acids is 1. The molecule has 4 N–H and O–H groups in total. The lowest BCUT2D eigenvalue weighted by molar-refractivity contribution is -0.245. The number of aromatic carboxylic acids is 1. The maximum atomic E-state index is 12.5. The van der Waals surface area contributed by atoms with Crippen LogP contribution in [0.2, 0.25) is 0 Å². The fraction of sp³-hybridized carbons (Fsp3) is 0.200. The molecule has 2 amide bonds. The smallest absolute Gasteiger partial charge is 0.336 e. The normalized spacial score (nSPS) is 17.3. The zero-order valence-electron chi connectivity index (χ0n) is 26.8. The Kier molecular flexibility index (Phi) is 11.4. The SMILES string of the molecule is O=C(NCc1ccccc1)NCc1ccccc1-c1ccc([C@H]2O[C@@H](CSc3ccccc3C(=O)O)C[C@@H](c3ccc(CO)cc3)O2)cc1. The lowest BCUT2D eigenvalue weighted by Gasteiger charge is -2.36. The fourth-order valence-corrected chi connectivity index (χ4v) is 6.83. The van der Waals surface area contributed by atoms with Gasteiger partial charge < -0.3 is 30.3 Å². The minimum Gasteiger partial charge on any atom is -0.478 e. The van der Waals surface area contributed by atoms with Gasteiger partial charge in [0.1, 0.15) is 0 Å². The minimum absolute atomic E-state index is 0.0349. The number of rotatable bonds is 12. The van der Waals surface area contributed by atoms with Crippen LogP contribution in [0, 0.1) is 0 Å². The van der Waals surface area contributed by atoms with Gasteiger partial charge >= 0.3 is 12.0 Å². The summed E-state index contributed by atoms with van der Waals surface area (Å²) in [6, 6.07) is 40.3. The average Bonchev–Trinajstić information content (AvgIpc) is 3.16. The molecule has 1 saturated heterocycles. The second-order valence-corrected chi connectivity index (χ2v) is 12.8. The van der Waals surface area contributed by atoms with E-state index in [1.807, 2.05) is 115 Å². The summed E-state index contributed by atoms with van der Waals surface area (Å²) >= 11 is 1.46. The predicted octanol–water partition coefficient (Wildman–Crippen LogP) is 7.88. The molecule has 9 heteroatoms. The number of amides is 2. The molecule has 0 unspecified atom stereocenters. The third-order valence-electron chi connectivity index (χ3n) is 8.40. The van der Waals surface area contributed by atoms with Crippen molar-refractivity contribution in [2.45, 2.75) is 49.5 Å². The molecule has 0 aromatic heterocycles. The lowest BCUT2D eigenvalue weighted by Crippen LogP contribution is -2.34. The monoisotopic (exact) mass is 674 g/mol. The van der Waals surface area contributed by atoms with E-state index in [2.05, 4.69) is 10.6 Å². The van der Waals surface area contributed by atoms with E-state index < -0.39 is 12.3 Å². The maximum absolute atomic E-state index is 12.5. The zero-order chi connectivity index (χ0) is 34.0. The molecule has 8 nitrogen and oxygen atoms in total. The molecule has 0 bridgehead atoms. The number of ether oxygens (including phenoxy) is 2. The molecule has 5 aromatic rings. The van der Waals surface area contributed by atoms with Crippen LogP contribution in [-0.2, 0) is 29.2 Å². The van der Waals surface area contributed by atoms with Crippen molar-refractivity contribution < 1.29 is 29.3 Å². The van der Waals surface area contributed by atoms with Crippen LogP contribution in [-0.4, -0.2) is 34.1 Å². The first-order chi connectivity index (χ1) is 24.0. The second-order valence-electron chi connectivity index (χ2n) is 11.8. The van der Waals surface area contributed by atoms with E-state index in [1.165, 1.54) is 11.8 Å². The summed E-state index contributed by atoms with van der Waals surface area (Å²) < 4.78 is 13.0. The van der Waals surface area contributed by atoms with E-state index in [4.69, 9.17) is 9.47 Å². The summed E-state index contributed by atoms with van der Waals surface area (Å²) in [5.41, 5.74) is 6.96. The van der Waals surface area contributed by atoms with Crippen molar-refractivity contribution in [3.8, 4) is 11.1 Å². The van der Waals surface area contributed by atoms with Crippen LogP contribution in [0.4, 0.5) is 4.79 Å². The third-order valence-corrected chi connectivity index (χ3v) is 9.61. The first-order valence-electron chi connectivity index (χ1n) is 16.2. The van der Waals surface area contributed by atoms with Crippen LogP contribution in [0.25, 0.3) is 11.1 Å². The molecule has 49 heavy (non-hydrogen) atoms. The Hall–Kier alpha value is -4.93. The van der Waals surface area contributed by atoms with Crippen LogP contribution in [0.15, 0.2) is 132 Å². The van der Waals surface area contributed by atoms with Gasteiger partial charge in [-0.15, -0.1) is 11.8 Å². The molecular weight excluding hydrogens is 637 g/mol. The van der Waals surface area contributed by atoms with Gasteiger partial charge in [0.2, 0.25) is 0 Å². The first-order valence-corrected chi connectivity index (χ1v) is 17.1. The van der Waals surface area contributed by atoms with E-state index in [0.29, 0.717) is 30.2 Å². The number of carboxylic acid groups (broad SMARTS) is 1.